The molecule has 0 aromatic heterocycles. The van der Waals surface area contributed by atoms with Gasteiger partial charge in [-0.2, -0.15) is 13.2 Å². The number of rotatable bonds is 3. The van der Waals surface area contributed by atoms with Crippen molar-refractivity contribution in [1.29, 1.82) is 0 Å². The van der Waals surface area contributed by atoms with E-state index < -0.39 is 27.6 Å². The number of alkyl halides is 3. The van der Waals surface area contributed by atoms with Crippen molar-refractivity contribution in [2.24, 2.45) is 0 Å². The maximum absolute atomic E-state index is 13.7. The first-order valence-electron chi connectivity index (χ1n) is 7.43. The molecule has 0 bridgehead atoms. The van der Waals surface area contributed by atoms with Gasteiger partial charge in [0.2, 0.25) is 15.7 Å². The molecule has 2 aliphatic rings. The van der Waals surface area contributed by atoms with Gasteiger partial charge in [-0.05, 0) is 25.0 Å². The lowest BCUT2D eigenvalue weighted by atomic mass is 10.2. The Morgan fingerprint density at radius 2 is 1.57 bits per heavy atom. The van der Waals surface area contributed by atoms with E-state index in [1.165, 1.54) is 12.1 Å². The van der Waals surface area contributed by atoms with Gasteiger partial charge in [0.25, 0.3) is 0 Å². The van der Waals surface area contributed by atoms with Crippen molar-refractivity contribution in [1.82, 2.24) is 4.31 Å². The Morgan fingerprint density at radius 1 is 1.04 bits per heavy atom. The van der Waals surface area contributed by atoms with Gasteiger partial charge in [-0.1, -0.05) is 18.6 Å². The molecule has 0 radical (unpaired) electrons. The summed E-state index contributed by atoms with van der Waals surface area (Å²) in [5, 5.41) is 4.68. The van der Waals surface area contributed by atoms with Crippen molar-refractivity contribution in [3.05, 3.63) is 24.3 Å². The number of nitrogens with zero attached hydrogens (tertiary/aromatic N) is 1. The number of para-hydroxylation sites is 2. The van der Waals surface area contributed by atoms with Crippen LogP contribution in [0.1, 0.15) is 19.3 Å². The Labute approximate surface area is 132 Å². The zero-order valence-electron chi connectivity index (χ0n) is 12.4. The van der Waals surface area contributed by atoms with Crippen LogP contribution in [0.4, 0.5) is 24.5 Å². The second kappa shape index (κ2) is 5.55. The van der Waals surface area contributed by atoms with Gasteiger partial charge in [-0.3, -0.25) is 0 Å². The Bertz CT molecular complexity index is 660. The molecule has 0 atom stereocenters. The third-order valence-corrected chi connectivity index (χ3v) is 6.16. The predicted molar refractivity (Wildman–Crippen MR) is 81.7 cm³/mol. The molecule has 1 aromatic carbocycles. The van der Waals surface area contributed by atoms with Crippen molar-refractivity contribution >= 4 is 21.4 Å². The van der Waals surface area contributed by atoms with Gasteiger partial charge in [0.1, 0.15) is 5.75 Å². The smallest absolute Gasteiger partial charge is 0.353 e. The average Bonchev–Trinajstić information content (AvgIpc) is 2.86. The number of anilines is 2. The molecule has 2 N–H and O–H groups in total. The van der Waals surface area contributed by atoms with Crippen LogP contribution in [-0.4, -0.2) is 43.4 Å². The van der Waals surface area contributed by atoms with E-state index in [9.17, 15) is 21.6 Å². The fourth-order valence-electron chi connectivity index (χ4n) is 3.00. The quantitative estimate of drug-likeness (QED) is 0.881. The van der Waals surface area contributed by atoms with Crippen LogP contribution in [0.3, 0.4) is 0 Å². The molecule has 23 heavy (non-hydrogen) atoms. The highest BCUT2D eigenvalue weighted by atomic mass is 32.2. The Morgan fingerprint density at radius 3 is 2.04 bits per heavy atom. The average molecular weight is 349 g/mol. The highest BCUT2D eigenvalue weighted by Crippen LogP contribution is 2.43. The van der Waals surface area contributed by atoms with Gasteiger partial charge in [0.15, 0.2) is 0 Å². The van der Waals surface area contributed by atoms with Crippen molar-refractivity contribution in [2.45, 2.75) is 31.1 Å². The number of hydrogen-bond acceptors (Lipinski definition) is 4. The number of nitrogens with one attached hydrogen (secondary N) is 2. The molecule has 0 spiro atoms. The normalized spacial score (nSPS) is 21.3. The van der Waals surface area contributed by atoms with E-state index in [1.807, 2.05) is 0 Å². The summed E-state index contributed by atoms with van der Waals surface area (Å²) in [4.78, 5) is 0. The summed E-state index contributed by atoms with van der Waals surface area (Å²) in [6.07, 6.45) is -2.51. The highest BCUT2D eigenvalue weighted by molar-refractivity contribution is 7.89. The molecule has 5 nitrogen and oxygen atoms in total. The highest BCUT2D eigenvalue weighted by Gasteiger charge is 2.60. The van der Waals surface area contributed by atoms with Crippen LogP contribution in [0.2, 0.25) is 0 Å². The Kier molecular flexibility index (Phi) is 3.96. The second-order valence-electron chi connectivity index (χ2n) is 5.91. The summed E-state index contributed by atoms with van der Waals surface area (Å²) in [7, 11) is -4.04. The summed E-state index contributed by atoms with van der Waals surface area (Å²) < 4.78 is 67.2. The molecule has 2 heterocycles. The van der Waals surface area contributed by atoms with Crippen molar-refractivity contribution in [3.8, 4) is 0 Å². The monoisotopic (exact) mass is 349 g/mol. The molecule has 0 saturated carbocycles. The lowest BCUT2D eigenvalue weighted by molar-refractivity contribution is -0.163. The van der Waals surface area contributed by atoms with Crippen LogP contribution in [-0.2, 0) is 10.0 Å². The minimum absolute atomic E-state index is 0.249. The number of halogens is 3. The van der Waals surface area contributed by atoms with E-state index in [1.54, 1.807) is 12.1 Å². The molecular formula is C14H18F3N3O2S. The fraction of sp³-hybridized carbons (Fsp3) is 0.571. The minimum atomic E-state index is -4.77. The maximum atomic E-state index is 13.7. The molecule has 0 amide bonds. The maximum Gasteiger partial charge on any atom is 0.431 e. The summed E-state index contributed by atoms with van der Waals surface area (Å²) in [5.74, 6) is -1.07. The minimum Gasteiger partial charge on any atom is -0.353 e. The van der Waals surface area contributed by atoms with E-state index >= 15 is 0 Å². The molecule has 1 saturated heterocycles. The molecule has 3 rings (SSSR count). The van der Waals surface area contributed by atoms with E-state index in [0.717, 1.165) is 10.7 Å². The van der Waals surface area contributed by atoms with E-state index in [0.29, 0.717) is 12.8 Å². The van der Waals surface area contributed by atoms with E-state index in [2.05, 4.69) is 10.6 Å². The summed E-state index contributed by atoms with van der Waals surface area (Å²) in [5.41, 5.74) is -2.20. The van der Waals surface area contributed by atoms with Gasteiger partial charge in [0, 0.05) is 13.1 Å². The summed E-state index contributed by atoms with van der Waals surface area (Å²) >= 11 is 0. The number of piperidine rings is 1. The standard InChI is InChI=1S/C14H18F3N3O2S/c15-14(16,17)13(18-11-6-2-3-7-12(11)19-13)10-23(21,22)20-8-4-1-5-9-20/h2-3,6-7,18-19H,1,4-5,8-10H2. The largest absolute Gasteiger partial charge is 0.431 e. The lowest BCUT2D eigenvalue weighted by Gasteiger charge is -2.35. The molecule has 0 aliphatic carbocycles. The number of hydrogen-bond donors (Lipinski definition) is 2. The van der Waals surface area contributed by atoms with Crippen LogP contribution >= 0.6 is 0 Å². The third-order valence-electron chi connectivity index (χ3n) is 4.21. The summed E-state index contributed by atoms with van der Waals surface area (Å²) in [6, 6.07) is 6.17. The van der Waals surface area contributed by atoms with Gasteiger partial charge in [-0.15, -0.1) is 0 Å². The summed E-state index contributed by atoms with van der Waals surface area (Å²) in [6.45, 7) is 0.562. The number of fused-ring (bicyclic) bond motifs is 1. The van der Waals surface area contributed by atoms with Crippen LogP contribution in [0.15, 0.2) is 24.3 Å². The van der Waals surface area contributed by atoms with Gasteiger partial charge < -0.3 is 10.6 Å². The second-order valence-corrected chi connectivity index (χ2v) is 7.88. The SMILES string of the molecule is O=S(=O)(CC1(C(F)(F)F)Nc2ccccc2N1)N1CCCCC1. The van der Waals surface area contributed by atoms with E-state index in [4.69, 9.17) is 0 Å². The van der Waals surface area contributed by atoms with Crippen molar-refractivity contribution < 1.29 is 21.6 Å². The molecule has 2 aliphatic heterocycles. The Hall–Kier alpha value is -1.48. The molecule has 128 valence electrons. The van der Waals surface area contributed by atoms with E-state index in [-0.39, 0.29) is 24.5 Å². The van der Waals surface area contributed by atoms with Gasteiger partial charge in [-0.25, -0.2) is 12.7 Å². The topological polar surface area (TPSA) is 61.4 Å². The molecular weight excluding hydrogens is 331 g/mol. The first kappa shape index (κ1) is 16.4. The van der Waals surface area contributed by atoms with Crippen molar-refractivity contribution in [2.75, 3.05) is 29.5 Å². The Balaban J connectivity index is 1.90. The van der Waals surface area contributed by atoms with Crippen LogP contribution in [0.25, 0.3) is 0 Å². The molecule has 9 heteroatoms. The van der Waals surface area contributed by atoms with Gasteiger partial charge in [0.05, 0.1) is 11.4 Å². The zero-order chi connectivity index (χ0) is 16.7. The van der Waals surface area contributed by atoms with Gasteiger partial charge >= 0.3 is 6.18 Å². The molecule has 1 aromatic rings. The van der Waals surface area contributed by atoms with Crippen molar-refractivity contribution in [3.63, 3.8) is 0 Å². The first-order chi connectivity index (χ1) is 10.7. The number of sulfonamides is 1. The molecule has 1 fully saturated rings. The van der Waals surface area contributed by atoms with Crippen LogP contribution < -0.4 is 10.6 Å². The first-order valence-corrected chi connectivity index (χ1v) is 9.04. The van der Waals surface area contributed by atoms with Crippen LogP contribution in [0.5, 0.6) is 0 Å². The molecule has 0 unspecified atom stereocenters. The fourth-order valence-corrected chi connectivity index (χ4v) is 4.85. The zero-order valence-corrected chi connectivity index (χ0v) is 13.2. The van der Waals surface area contributed by atoms with Crippen LogP contribution in [0, 0.1) is 0 Å². The predicted octanol–water partition coefficient (Wildman–Crippen LogP) is 2.60. The number of benzene rings is 1. The lowest BCUT2D eigenvalue weighted by Crippen LogP contribution is -2.61. The third kappa shape index (κ3) is 2.99.